The number of nitrogens with one attached hydrogen (secondary N) is 1. The van der Waals surface area contributed by atoms with Crippen LogP contribution in [0, 0.1) is 13.8 Å². The molecule has 0 aliphatic rings. The van der Waals surface area contributed by atoms with Gasteiger partial charge in [0.05, 0.1) is 7.11 Å². The van der Waals surface area contributed by atoms with Crippen molar-refractivity contribution in [2.24, 2.45) is 0 Å². The standard InChI is InChI=1S/C16H19NO/c1-11-12(2)16(18-4)9-8-15(11)13-6-5-7-14(10-13)17-3/h5-10,17H,1-4H3. The Labute approximate surface area is 109 Å². The van der Waals surface area contributed by atoms with Gasteiger partial charge in [-0.05, 0) is 54.3 Å². The zero-order valence-corrected chi connectivity index (χ0v) is 11.4. The van der Waals surface area contributed by atoms with E-state index in [1.165, 1.54) is 22.3 Å². The van der Waals surface area contributed by atoms with Gasteiger partial charge in [-0.15, -0.1) is 0 Å². The predicted molar refractivity (Wildman–Crippen MR) is 77.5 cm³/mol. The summed E-state index contributed by atoms with van der Waals surface area (Å²) in [5.41, 5.74) is 6.07. The van der Waals surface area contributed by atoms with Crippen LogP contribution >= 0.6 is 0 Å². The third-order valence-corrected chi connectivity index (χ3v) is 3.42. The highest BCUT2D eigenvalue weighted by Gasteiger charge is 2.08. The van der Waals surface area contributed by atoms with Crippen LogP contribution in [0.2, 0.25) is 0 Å². The van der Waals surface area contributed by atoms with E-state index in [0.717, 1.165) is 11.4 Å². The lowest BCUT2D eigenvalue weighted by Crippen LogP contribution is -1.94. The summed E-state index contributed by atoms with van der Waals surface area (Å²) in [7, 11) is 3.65. The van der Waals surface area contributed by atoms with Gasteiger partial charge in [-0.2, -0.15) is 0 Å². The van der Waals surface area contributed by atoms with E-state index in [4.69, 9.17) is 4.74 Å². The van der Waals surface area contributed by atoms with Gasteiger partial charge in [0.1, 0.15) is 5.75 Å². The molecule has 0 radical (unpaired) electrons. The SMILES string of the molecule is CNc1cccc(-c2ccc(OC)c(C)c2C)c1. The third kappa shape index (κ3) is 2.19. The fourth-order valence-corrected chi connectivity index (χ4v) is 2.17. The summed E-state index contributed by atoms with van der Waals surface area (Å²) in [4.78, 5) is 0. The van der Waals surface area contributed by atoms with Gasteiger partial charge < -0.3 is 10.1 Å². The molecule has 0 aliphatic heterocycles. The minimum Gasteiger partial charge on any atom is -0.496 e. The van der Waals surface area contributed by atoms with E-state index in [1.54, 1.807) is 7.11 Å². The Morgan fingerprint density at radius 2 is 1.78 bits per heavy atom. The molecule has 0 bridgehead atoms. The first-order chi connectivity index (χ1) is 8.67. The molecule has 0 spiro atoms. The highest BCUT2D eigenvalue weighted by molar-refractivity contribution is 5.73. The number of hydrogen-bond donors (Lipinski definition) is 1. The molecule has 0 heterocycles. The molecule has 0 aliphatic carbocycles. The molecule has 18 heavy (non-hydrogen) atoms. The number of rotatable bonds is 3. The largest absolute Gasteiger partial charge is 0.496 e. The van der Waals surface area contributed by atoms with Crippen LogP contribution in [0.1, 0.15) is 11.1 Å². The van der Waals surface area contributed by atoms with Crippen LogP contribution in [0.5, 0.6) is 5.75 Å². The number of anilines is 1. The normalized spacial score (nSPS) is 10.2. The van der Waals surface area contributed by atoms with Gasteiger partial charge in [-0.25, -0.2) is 0 Å². The lowest BCUT2D eigenvalue weighted by Gasteiger charge is -2.13. The predicted octanol–water partition coefficient (Wildman–Crippen LogP) is 4.02. The Morgan fingerprint density at radius 3 is 2.44 bits per heavy atom. The van der Waals surface area contributed by atoms with Crippen molar-refractivity contribution in [1.29, 1.82) is 0 Å². The molecule has 0 unspecified atom stereocenters. The van der Waals surface area contributed by atoms with E-state index >= 15 is 0 Å². The molecule has 2 aromatic rings. The van der Waals surface area contributed by atoms with E-state index in [1.807, 2.05) is 13.1 Å². The van der Waals surface area contributed by atoms with Crippen LogP contribution in [0.3, 0.4) is 0 Å². The summed E-state index contributed by atoms with van der Waals surface area (Å²) in [6, 6.07) is 12.6. The number of benzene rings is 2. The van der Waals surface area contributed by atoms with E-state index in [-0.39, 0.29) is 0 Å². The summed E-state index contributed by atoms with van der Waals surface area (Å²) < 4.78 is 5.35. The van der Waals surface area contributed by atoms with Gasteiger partial charge in [-0.3, -0.25) is 0 Å². The maximum Gasteiger partial charge on any atom is 0.122 e. The van der Waals surface area contributed by atoms with Crippen LogP contribution < -0.4 is 10.1 Å². The minimum atomic E-state index is 0.945. The summed E-state index contributed by atoms with van der Waals surface area (Å²) in [6.45, 7) is 4.23. The van der Waals surface area contributed by atoms with E-state index in [2.05, 4.69) is 49.5 Å². The second-order valence-corrected chi connectivity index (χ2v) is 4.40. The average molecular weight is 241 g/mol. The molecule has 2 heteroatoms. The highest BCUT2D eigenvalue weighted by atomic mass is 16.5. The molecule has 94 valence electrons. The molecule has 0 aromatic heterocycles. The third-order valence-electron chi connectivity index (χ3n) is 3.42. The van der Waals surface area contributed by atoms with Crippen LogP contribution in [-0.2, 0) is 0 Å². The van der Waals surface area contributed by atoms with Crippen molar-refractivity contribution in [3.05, 3.63) is 47.5 Å². The molecular weight excluding hydrogens is 222 g/mol. The first-order valence-corrected chi connectivity index (χ1v) is 6.09. The Morgan fingerprint density at radius 1 is 1.00 bits per heavy atom. The number of methoxy groups -OCH3 is 1. The lowest BCUT2D eigenvalue weighted by molar-refractivity contribution is 0.411. The zero-order valence-electron chi connectivity index (χ0n) is 11.4. The highest BCUT2D eigenvalue weighted by Crippen LogP contribution is 2.31. The monoisotopic (exact) mass is 241 g/mol. The molecular formula is C16H19NO. The molecule has 1 N–H and O–H groups in total. The fraction of sp³-hybridized carbons (Fsp3) is 0.250. The van der Waals surface area contributed by atoms with E-state index in [0.29, 0.717) is 0 Å². The van der Waals surface area contributed by atoms with Gasteiger partial charge in [0.25, 0.3) is 0 Å². The average Bonchev–Trinajstić information content (AvgIpc) is 2.42. The van der Waals surface area contributed by atoms with Crippen LogP contribution in [-0.4, -0.2) is 14.2 Å². The summed E-state index contributed by atoms with van der Waals surface area (Å²) in [5, 5.41) is 3.17. The summed E-state index contributed by atoms with van der Waals surface area (Å²) >= 11 is 0. The maximum absolute atomic E-state index is 5.35. The van der Waals surface area contributed by atoms with Crippen LogP contribution in [0.15, 0.2) is 36.4 Å². The van der Waals surface area contributed by atoms with Gasteiger partial charge in [0.2, 0.25) is 0 Å². The molecule has 0 saturated heterocycles. The topological polar surface area (TPSA) is 21.3 Å². The Kier molecular flexibility index (Phi) is 3.56. The maximum atomic E-state index is 5.35. The van der Waals surface area contributed by atoms with Gasteiger partial charge in [0, 0.05) is 12.7 Å². The second-order valence-electron chi connectivity index (χ2n) is 4.40. The van der Waals surface area contributed by atoms with Crippen molar-refractivity contribution in [1.82, 2.24) is 0 Å². The van der Waals surface area contributed by atoms with Crippen molar-refractivity contribution >= 4 is 5.69 Å². The fourth-order valence-electron chi connectivity index (χ4n) is 2.17. The van der Waals surface area contributed by atoms with Gasteiger partial charge in [0.15, 0.2) is 0 Å². The molecule has 0 atom stereocenters. The van der Waals surface area contributed by atoms with Crippen molar-refractivity contribution in [3.63, 3.8) is 0 Å². The Hall–Kier alpha value is -1.96. The smallest absolute Gasteiger partial charge is 0.122 e. The van der Waals surface area contributed by atoms with E-state index < -0.39 is 0 Å². The number of ether oxygens (including phenoxy) is 1. The van der Waals surface area contributed by atoms with Crippen molar-refractivity contribution < 1.29 is 4.74 Å². The molecule has 2 aromatic carbocycles. The van der Waals surface area contributed by atoms with Gasteiger partial charge >= 0.3 is 0 Å². The minimum absolute atomic E-state index is 0.945. The Bertz CT molecular complexity index is 561. The summed E-state index contributed by atoms with van der Waals surface area (Å²) in [6.07, 6.45) is 0. The van der Waals surface area contributed by atoms with Crippen LogP contribution in [0.4, 0.5) is 5.69 Å². The van der Waals surface area contributed by atoms with Crippen molar-refractivity contribution in [3.8, 4) is 16.9 Å². The lowest BCUT2D eigenvalue weighted by atomic mass is 9.96. The molecule has 0 saturated carbocycles. The first-order valence-electron chi connectivity index (χ1n) is 6.09. The quantitative estimate of drug-likeness (QED) is 0.876. The van der Waals surface area contributed by atoms with Crippen LogP contribution in [0.25, 0.3) is 11.1 Å². The zero-order chi connectivity index (χ0) is 13.1. The molecule has 2 rings (SSSR count). The molecule has 0 fully saturated rings. The van der Waals surface area contributed by atoms with Crippen molar-refractivity contribution in [2.45, 2.75) is 13.8 Å². The van der Waals surface area contributed by atoms with Gasteiger partial charge in [-0.1, -0.05) is 18.2 Å². The van der Waals surface area contributed by atoms with E-state index in [9.17, 15) is 0 Å². The van der Waals surface area contributed by atoms with Crippen molar-refractivity contribution in [2.75, 3.05) is 19.5 Å². The second kappa shape index (κ2) is 5.13. The molecule has 0 amide bonds. The molecule has 2 nitrogen and oxygen atoms in total. The Balaban J connectivity index is 2.54. The summed E-state index contributed by atoms with van der Waals surface area (Å²) in [5.74, 6) is 0.945. The first kappa shape index (κ1) is 12.5. The number of hydrogen-bond acceptors (Lipinski definition) is 2.